The van der Waals surface area contributed by atoms with E-state index < -0.39 is 0 Å². The molecule has 1 saturated carbocycles. The minimum Gasteiger partial charge on any atom is -1.00 e. The van der Waals surface area contributed by atoms with Crippen LogP contribution in [0.4, 0.5) is 0 Å². The van der Waals surface area contributed by atoms with E-state index in [4.69, 9.17) is 0 Å². The van der Waals surface area contributed by atoms with Crippen LogP contribution < -0.4 is 24.8 Å². The van der Waals surface area contributed by atoms with Crippen LogP contribution in [0.5, 0.6) is 0 Å². The minimum absolute atomic E-state index is 0. The van der Waals surface area contributed by atoms with E-state index in [-0.39, 0.29) is 51.0 Å². The normalized spacial score (nSPS) is 19.6. The summed E-state index contributed by atoms with van der Waals surface area (Å²) >= 11 is 0. The molecule has 3 aliphatic rings. The number of hydrogen-bond donors (Lipinski definition) is 0. The maximum atomic E-state index is 3.50. The largest absolute Gasteiger partial charge is 4.00 e. The van der Waals surface area contributed by atoms with Gasteiger partial charge >= 0.3 is 26.2 Å². The average molecular weight is 388 g/mol. The van der Waals surface area contributed by atoms with Crippen molar-refractivity contribution in [2.75, 3.05) is 0 Å². The Kier molecular flexibility index (Phi) is 14.9. The maximum absolute atomic E-state index is 3.50. The summed E-state index contributed by atoms with van der Waals surface area (Å²) in [5, 5.41) is 0. The van der Waals surface area contributed by atoms with Crippen molar-refractivity contribution in [2.24, 2.45) is 5.92 Å². The van der Waals surface area contributed by atoms with Crippen LogP contribution in [-0.4, -0.2) is 0 Å². The van der Waals surface area contributed by atoms with Gasteiger partial charge < -0.3 is 24.8 Å². The summed E-state index contributed by atoms with van der Waals surface area (Å²) in [6.07, 6.45) is 24.2. The van der Waals surface area contributed by atoms with Crippen molar-refractivity contribution >= 4 is 0 Å². The van der Waals surface area contributed by atoms with Crippen molar-refractivity contribution in [3.05, 3.63) is 47.6 Å². The minimum atomic E-state index is 0. The van der Waals surface area contributed by atoms with Crippen molar-refractivity contribution < 1.29 is 51.0 Å². The molecule has 0 spiro atoms. The monoisotopic (exact) mass is 386 g/mol. The van der Waals surface area contributed by atoms with Gasteiger partial charge in [0.15, 0.2) is 0 Å². The molecule has 0 aromatic heterocycles. The molecular formula is C17H22Cl2Zr. The summed E-state index contributed by atoms with van der Waals surface area (Å²) in [4.78, 5) is 0. The number of allylic oxidation sites excluding steroid dienone is 8. The molecule has 0 atom stereocenters. The maximum Gasteiger partial charge on any atom is 4.00 e. The number of rotatable bonds is 1. The molecule has 3 heteroatoms. The van der Waals surface area contributed by atoms with Crippen molar-refractivity contribution in [3.8, 4) is 0 Å². The van der Waals surface area contributed by atoms with E-state index in [0.29, 0.717) is 0 Å². The van der Waals surface area contributed by atoms with E-state index >= 15 is 0 Å². The van der Waals surface area contributed by atoms with Gasteiger partial charge in [0.05, 0.1) is 0 Å². The van der Waals surface area contributed by atoms with Gasteiger partial charge in [0.1, 0.15) is 0 Å². The van der Waals surface area contributed by atoms with E-state index in [1.807, 2.05) is 12.2 Å². The molecule has 0 aromatic rings. The third kappa shape index (κ3) is 8.01. The van der Waals surface area contributed by atoms with Crippen LogP contribution in [0.1, 0.15) is 51.9 Å². The average Bonchev–Trinajstić information content (AvgIpc) is 3.04. The molecule has 0 radical (unpaired) electrons. The number of hydrogen-bond acceptors (Lipinski definition) is 0. The van der Waals surface area contributed by atoms with Crippen LogP contribution >= 0.6 is 0 Å². The summed E-state index contributed by atoms with van der Waals surface area (Å²) in [7, 11) is 0. The molecule has 108 valence electrons. The summed E-state index contributed by atoms with van der Waals surface area (Å²) in [5.74, 6) is 0.858. The van der Waals surface area contributed by atoms with Gasteiger partial charge in [-0.3, -0.25) is 6.08 Å². The molecule has 0 aromatic carbocycles. The Hall–Kier alpha value is 0.423. The first kappa shape index (κ1) is 22.7. The molecule has 0 unspecified atom stereocenters. The first-order valence-electron chi connectivity index (χ1n) is 6.87. The SMILES string of the molecule is CC1=[C-]C(C2CCCCC2)=CC1.[C-]1=CC=CC1.[Cl-].[Cl-].[Zr+4]. The zero-order valence-electron chi connectivity index (χ0n) is 12.1. The smallest absolute Gasteiger partial charge is 1.00 e. The molecule has 0 heterocycles. The zero-order chi connectivity index (χ0) is 11.9. The van der Waals surface area contributed by atoms with Crippen molar-refractivity contribution in [2.45, 2.75) is 51.9 Å². The molecular weight excluding hydrogens is 366 g/mol. The molecule has 3 aliphatic carbocycles. The van der Waals surface area contributed by atoms with Crippen LogP contribution in [0.15, 0.2) is 35.5 Å². The first-order valence-corrected chi connectivity index (χ1v) is 6.87. The van der Waals surface area contributed by atoms with Crippen molar-refractivity contribution in [1.29, 1.82) is 0 Å². The Morgan fingerprint density at radius 1 is 1.10 bits per heavy atom. The second-order valence-corrected chi connectivity index (χ2v) is 5.11. The zero-order valence-corrected chi connectivity index (χ0v) is 16.1. The van der Waals surface area contributed by atoms with Gasteiger partial charge in [0.2, 0.25) is 0 Å². The van der Waals surface area contributed by atoms with E-state index in [1.165, 1.54) is 43.3 Å². The van der Waals surface area contributed by atoms with Crippen LogP contribution in [0.25, 0.3) is 0 Å². The van der Waals surface area contributed by atoms with Crippen LogP contribution in [0.3, 0.4) is 0 Å². The van der Waals surface area contributed by atoms with Crippen LogP contribution in [0.2, 0.25) is 0 Å². The first-order chi connectivity index (χ1) is 8.36. The summed E-state index contributed by atoms with van der Waals surface area (Å²) in [6, 6.07) is 0. The van der Waals surface area contributed by atoms with Gasteiger partial charge in [0, 0.05) is 0 Å². The van der Waals surface area contributed by atoms with Crippen LogP contribution in [-0.2, 0) is 26.2 Å². The predicted octanol–water partition coefficient (Wildman–Crippen LogP) is -1.04. The molecule has 20 heavy (non-hydrogen) atoms. The fraction of sp³-hybridized carbons (Fsp3) is 0.529. The van der Waals surface area contributed by atoms with E-state index in [0.717, 1.165) is 18.8 Å². The fourth-order valence-electron chi connectivity index (χ4n) is 2.63. The number of halogens is 2. The molecule has 3 rings (SSSR count). The third-order valence-electron chi connectivity index (χ3n) is 3.62. The van der Waals surface area contributed by atoms with Crippen molar-refractivity contribution in [1.82, 2.24) is 0 Å². The Morgan fingerprint density at radius 3 is 2.20 bits per heavy atom. The second kappa shape index (κ2) is 13.1. The van der Waals surface area contributed by atoms with E-state index in [9.17, 15) is 0 Å². The molecule has 1 fully saturated rings. The van der Waals surface area contributed by atoms with Gasteiger partial charge in [-0.15, -0.1) is 6.42 Å². The van der Waals surface area contributed by atoms with Crippen LogP contribution in [0, 0.1) is 18.1 Å². The quantitative estimate of drug-likeness (QED) is 0.504. The van der Waals surface area contributed by atoms with Crippen molar-refractivity contribution in [3.63, 3.8) is 0 Å². The molecule has 0 amide bonds. The molecule has 0 saturated heterocycles. The van der Waals surface area contributed by atoms with Gasteiger partial charge in [-0.1, -0.05) is 32.6 Å². The van der Waals surface area contributed by atoms with Gasteiger partial charge in [-0.2, -0.15) is 11.6 Å². The van der Waals surface area contributed by atoms with E-state index in [2.05, 4.69) is 31.2 Å². The fourth-order valence-corrected chi connectivity index (χ4v) is 2.63. The summed E-state index contributed by atoms with van der Waals surface area (Å²) < 4.78 is 0. The second-order valence-electron chi connectivity index (χ2n) is 5.11. The molecule has 0 nitrogen and oxygen atoms in total. The third-order valence-corrected chi connectivity index (χ3v) is 3.62. The Bertz CT molecular complexity index is 351. The topological polar surface area (TPSA) is 0 Å². The Morgan fingerprint density at radius 2 is 1.80 bits per heavy atom. The molecule has 0 aliphatic heterocycles. The predicted molar refractivity (Wildman–Crippen MR) is 73.3 cm³/mol. The molecule has 0 bridgehead atoms. The van der Waals surface area contributed by atoms with Gasteiger partial charge in [-0.25, -0.2) is 29.9 Å². The van der Waals surface area contributed by atoms with E-state index in [1.54, 1.807) is 0 Å². The summed E-state index contributed by atoms with van der Waals surface area (Å²) in [5.41, 5.74) is 2.95. The Balaban J connectivity index is 0. The summed E-state index contributed by atoms with van der Waals surface area (Å²) in [6.45, 7) is 2.19. The van der Waals surface area contributed by atoms with Gasteiger partial charge in [-0.05, 0) is 18.8 Å². The Labute approximate surface area is 155 Å². The standard InChI is InChI=1S/C12H17.C5H5.2ClH.Zr/c1-10-7-8-12(9-10)11-5-3-2-4-6-11;1-2-4-5-3-1;;;/h8,11H,2-7H2,1H3;1-3H,4H2;2*1H;/q2*-1;;;+4/p-2. The van der Waals surface area contributed by atoms with Gasteiger partial charge in [0.25, 0.3) is 0 Å². The molecule has 0 N–H and O–H groups in total.